The van der Waals surface area contributed by atoms with Crippen molar-refractivity contribution in [1.82, 2.24) is 10.6 Å². The van der Waals surface area contributed by atoms with Crippen LogP contribution in [0.25, 0.3) is 0 Å². The minimum Gasteiger partial charge on any atom is -0.469 e. The van der Waals surface area contributed by atoms with Crippen LogP contribution in [-0.4, -0.2) is 25.1 Å². The van der Waals surface area contributed by atoms with Crippen LogP contribution in [0, 0.1) is 0 Å². The second-order valence-corrected chi connectivity index (χ2v) is 4.18. The lowest BCUT2D eigenvalue weighted by atomic mass is 10.3. The zero-order chi connectivity index (χ0) is 13.2. The summed E-state index contributed by atoms with van der Waals surface area (Å²) < 4.78 is 5.27. The summed E-state index contributed by atoms with van der Waals surface area (Å²) in [5.41, 5.74) is 0. The first-order valence-corrected chi connectivity index (χ1v) is 6.44. The van der Waals surface area contributed by atoms with E-state index < -0.39 is 0 Å². The molecule has 0 spiro atoms. The lowest BCUT2D eigenvalue weighted by molar-refractivity contribution is 0.510. The summed E-state index contributed by atoms with van der Waals surface area (Å²) in [7, 11) is 0. The van der Waals surface area contributed by atoms with Crippen LogP contribution in [0.5, 0.6) is 0 Å². The maximum absolute atomic E-state index is 5.27. The summed E-state index contributed by atoms with van der Waals surface area (Å²) in [5, 5.41) is 6.55. The molecule has 19 heavy (non-hydrogen) atoms. The van der Waals surface area contributed by atoms with Crippen molar-refractivity contribution in [3.63, 3.8) is 0 Å². The Morgan fingerprint density at radius 3 is 2.95 bits per heavy atom. The van der Waals surface area contributed by atoms with Crippen LogP contribution in [0.4, 0.5) is 0 Å². The Labute approximate surface area is 132 Å². The Bertz CT molecular complexity index is 363. The molecule has 1 rings (SSSR count). The van der Waals surface area contributed by atoms with E-state index in [1.807, 2.05) is 18.2 Å². The van der Waals surface area contributed by atoms with Gasteiger partial charge < -0.3 is 15.1 Å². The van der Waals surface area contributed by atoms with Crippen LogP contribution < -0.4 is 10.6 Å². The SMILES string of the molecule is C=CCNC(=NCCc1ccco1)NC(C)CC.I. The number of aliphatic imine (C=N–C) groups is 1. The predicted molar refractivity (Wildman–Crippen MR) is 91.2 cm³/mol. The molecule has 0 aliphatic carbocycles. The molecule has 0 radical (unpaired) electrons. The van der Waals surface area contributed by atoms with Crippen LogP contribution in [0.1, 0.15) is 26.0 Å². The van der Waals surface area contributed by atoms with Gasteiger partial charge in [0.05, 0.1) is 6.26 Å². The van der Waals surface area contributed by atoms with E-state index in [1.165, 1.54) is 0 Å². The quantitative estimate of drug-likeness (QED) is 0.333. The number of hydrogen-bond donors (Lipinski definition) is 2. The molecule has 5 heteroatoms. The van der Waals surface area contributed by atoms with Crippen molar-refractivity contribution < 1.29 is 4.42 Å². The van der Waals surface area contributed by atoms with E-state index in [-0.39, 0.29) is 24.0 Å². The van der Waals surface area contributed by atoms with Crippen molar-refractivity contribution in [3.05, 3.63) is 36.8 Å². The summed E-state index contributed by atoms with van der Waals surface area (Å²) >= 11 is 0. The normalized spacial score (nSPS) is 12.4. The highest BCUT2D eigenvalue weighted by Crippen LogP contribution is 2.00. The molecule has 0 bridgehead atoms. The van der Waals surface area contributed by atoms with Crippen LogP contribution in [0.3, 0.4) is 0 Å². The molecule has 108 valence electrons. The zero-order valence-electron chi connectivity index (χ0n) is 11.7. The Balaban J connectivity index is 0.00000324. The van der Waals surface area contributed by atoms with Gasteiger partial charge in [0.2, 0.25) is 0 Å². The van der Waals surface area contributed by atoms with Gasteiger partial charge in [0.15, 0.2) is 5.96 Å². The highest BCUT2D eigenvalue weighted by molar-refractivity contribution is 14.0. The van der Waals surface area contributed by atoms with E-state index in [0.29, 0.717) is 19.1 Å². The van der Waals surface area contributed by atoms with E-state index in [4.69, 9.17) is 4.42 Å². The summed E-state index contributed by atoms with van der Waals surface area (Å²) in [6.07, 6.45) is 5.38. The van der Waals surface area contributed by atoms with Gasteiger partial charge in [0, 0.05) is 25.6 Å². The molecule has 0 aromatic carbocycles. The third kappa shape index (κ3) is 7.92. The molecule has 0 fully saturated rings. The van der Waals surface area contributed by atoms with Gasteiger partial charge in [-0.3, -0.25) is 4.99 Å². The largest absolute Gasteiger partial charge is 0.469 e. The third-order valence-corrected chi connectivity index (χ3v) is 2.62. The number of furan rings is 1. The number of nitrogens with one attached hydrogen (secondary N) is 2. The molecule has 0 aliphatic rings. The van der Waals surface area contributed by atoms with Crippen LogP contribution in [0.15, 0.2) is 40.5 Å². The monoisotopic (exact) mass is 377 g/mol. The highest BCUT2D eigenvalue weighted by Gasteiger charge is 2.02. The molecule has 1 aromatic rings. The molecule has 1 heterocycles. The van der Waals surface area contributed by atoms with Gasteiger partial charge in [0.25, 0.3) is 0 Å². The minimum absolute atomic E-state index is 0. The lowest BCUT2D eigenvalue weighted by Crippen LogP contribution is -2.42. The average Bonchev–Trinajstić information content (AvgIpc) is 2.88. The summed E-state index contributed by atoms with van der Waals surface area (Å²) in [6, 6.07) is 4.27. The van der Waals surface area contributed by atoms with Gasteiger partial charge in [-0.05, 0) is 25.5 Å². The molecule has 0 saturated carbocycles. The molecule has 1 unspecified atom stereocenters. The first kappa shape index (κ1) is 18.0. The van der Waals surface area contributed by atoms with Crippen LogP contribution >= 0.6 is 24.0 Å². The maximum Gasteiger partial charge on any atom is 0.191 e. The molecule has 4 nitrogen and oxygen atoms in total. The van der Waals surface area contributed by atoms with Crippen molar-refractivity contribution in [3.8, 4) is 0 Å². The summed E-state index contributed by atoms with van der Waals surface area (Å²) in [4.78, 5) is 4.51. The Hall–Kier alpha value is -0.980. The Morgan fingerprint density at radius 2 is 2.37 bits per heavy atom. The average molecular weight is 377 g/mol. The fourth-order valence-corrected chi connectivity index (χ4v) is 1.39. The molecule has 1 atom stereocenters. The van der Waals surface area contributed by atoms with Gasteiger partial charge >= 0.3 is 0 Å². The van der Waals surface area contributed by atoms with Crippen molar-refractivity contribution in [2.75, 3.05) is 13.1 Å². The first-order valence-electron chi connectivity index (χ1n) is 6.44. The van der Waals surface area contributed by atoms with Crippen LogP contribution in [-0.2, 0) is 6.42 Å². The van der Waals surface area contributed by atoms with Gasteiger partial charge in [0.1, 0.15) is 5.76 Å². The molecule has 1 aromatic heterocycles. The fourth-order valence-electron chi connectivity index (χ4n) is 1.39. The minimum atomic E-state index is 0. The second-order valence-electron chi connectivity index (χ2n) is 4.18. The van der Waals surface area contributed by atoms with Crippen molar-refractivity contribution >= 4 is 29.9 Å². The number of hydrogen-bond acceptors (Lipinski definition) is 2. The van der Waals surface area contributed by atoms with E-state index in [1.54, 1.807) is 6.26 Å². The van der Waals surface area contributed by atoms with E-state index in [9.17, 15) is 0 Å². The number of rotatable bonds is 7. The zero-order valence-corrected chi connectivity index (χ0v) is 14.0. The van der Waals surface area contributed by atoms with E-state index in [0.717, 1.165) is 24.6 Å². The first-order chi connectivity index (χ1) is 8.76. The predicted octanol–water partition coefficient (Wildman–Crippen LogP) is 2.96. The van der Waals surface area contributed by atoms with E-state index in [2.05, 4.69) is 36.1 Å². The molecule has 0 aliphatic heterocycles. The van der Waals surface area contributed by atoms with Crippen LogP contribution in [0.2, 0.25) is 0 Å². The number of guanidine groups is 1. The Morgan fingerprint density at radius 1 is 1.58 bits per heavy atom. The Kier molecular flexibility index (Phi) is 10.3. The summed E-state index contributed by atoms with van der Waals surface area (Å²) in [6.45, 7) is 9.39. The van der Waals surface area contributed by atoms with Crippen molar-refractivity contribution in [2.45, 2.75) is 32.7 Å². The lowest BCUT2D eigenvalue weighted by Gasteiger charge is -2.16. The van der Waals surface area contributed by atoms with Gasteiger partial charge in [-0.1, -0.05) is 13.0 Å². The molecule has 0 saturated heterocycles. The topological polar surface area (TPSA) is 49.6 Å². The smallest absolute Gasteiger partial charge is 0.191 e. The standard InChI is InChI=1S/C14H23N3O.HI/c1-4-9-15-14(17-12(3)5-2)16-10-8-13-7-6-11-18-13;/h4,6-7,11-12H,1,5,8-10H2,2-3H3,(H2,15,16,17);1H. The van der Waals surface area contributed by atoms with E-state index >= 15 is 0 Å². The van der Waals surface area contributed by atoms with Crippen molar-refractivity contribution in [1.29, 1.82) is 0 Å². The van der Waals surface area contributed by atoms with Gasteiger partial charge in [-0.15, -0.1) is 30.6 Å². The molecule has 2 N–H and O–H groups in total. The van der Waals surface area contributed by atoms with Gasteiger partial charge in [-0.2, -0.15) is 0 Å². The molecular formula is C14H24IN3O. The number of nitrogens with zero attached hydrogens (tertiary/aromatic N) is 1. The van der Waals surface area contributed by atoms with Gasteiger partial charge in [-0.25, -0.2) is 0 Å². The number of halogens is 1. The molecular weight excluding hydrogens is 353 g/mol. The maximum atomic E-state index is 5.27. The highest BCUT2D eigenvalue weighted by atomic mass is 127. The van der Waals surface area contributed by atoms with Crippen molar-refractivity contribution in [2.24, 2.45) is 4.99 Å². The second kappa shape index (κ2) is 10.9. The molecule has 0 amide bonds. The third-order valence-electron chi connectivity index (χ3n) is 2.62. The fraction of sp³-hybridized carbons (Fsp3) is 0.500. The summed E-state index contributed by atoms with van der Waals surface area (Å²) in [5.74, 6) is 1.79.